The third-order valence-electron chi connectivity index (χ3n) is 4.22. The molecular weight excluding hydrogens is 368 g/mol. The number of aryl methyl sites for hydroxylation is 1. The molecule has 24 heavy (non-hydrogen) atoms. The molecule has 0 bridgehead atoms. The molecule has 0 radical (unpaired) electrons. The van der Waals surface area contributed by atoms with Crippen LogP contribution in [-0.2, 0) is 16.1 Å². The molecule has 124 valence electrons. The second-order valence-corrected chi connectivity index (χ2v) is 7.00. The minimum Gasteiger partial charge on any atom is -0.352 e. The molecule has 0 spiro atoms. The minimum absolute atomic E-state index is 0.00666. The molecule has 1 saturated heterocycles. The Bertz CT molecular complexity index is 741. The SMILES string of the molecule is Cc1ccc(CNC(=O)C2CC(=O)N(c3ccc(Br)cc3)C2)cc1. The van der Waals surface area contributed by atoms with Crippen LogP contribution in [0.25, 0.3) is 0 Å². The van der Waals surface area contributed by atoms with Gasteiger partial charge in [0.25, 0.3) is 0 Å². The van der Waals surface area contributed by atoms with Gasteiger partial charge in [-0.2, -0.15) is 0 Å². The summed E-state index contributed by atoms with van der Waals surface area (Å²) in [5.74, 6) is -0.372. The summed E-state index contributed by atoms with van der Waals surface area (Å²) >= 11 is 3.38. The van der Waals surface area contributed by atoms with Gasteiger partial charge in [-0.25, -0.2) is 0 Å². The third-order valence-corrected chi connectivity index (χ3v) is 4.75. The lowest BCUT2D eigenvalue weighted by Crippen LogP contribution is -2.32. The molecule has 3 rings (SSSR count). The molecule has 2 aromatic carbocycles. The summed E-state index contributed by atoms with van der Waals surface area (Å²) in [5.41, 5.74) is 3.08. The molecular formula is C19H19BrN2O2. The second kappa shape index (κ2) is 7.18. The highest BCUT2D eigenvalue weighted by molar-refractivity contribution is 9.10. The zero-order valence-corrected chi connectivity index (χ0v) is 15.0. The highest BCUT2D eigenvalue weighted by Gasteiger charge is 2.34. The van der Waals surface area contributed by atoms with Crippen LogP contribution >= 0.6 is 15.9 Å². The number of hydrogen-bond acceptors (Lipinski definition) is 2. The van der Waals surface area contributed by atoms with Gasteiger partial charge in [-0.05, 0) is 36.8 Å². The predicted octanol–water partition coefficient (Wildman–Crippen LogP) is 3.43. The van der Waals surface area contributed by atoms with Gasteiger partial charge in [-0.3, -0.25) is 9.59 Å². The summed E-state index contributed by atoms with van der Waals surface area (Å²) in [7, 11) is 0. The van der Waals surface area contributed by atoms with Gasteiger partial charge in [0.1, 0.15) is 0 Å². The zero-order chi connectivity index (χ0) is 17.1. The highest BCUT2D eigenvalue weighted by atomic mass is 79.9. The Labute approximate surface area is 150 Å². The number of rotatable bonds is 4. The van der Waals surface area contributed by atoms with Gasteiger partial charge < -0.3 is 10.2 Å². The molecule has 2 amide bonds. The van der Waals surface area contributed by atoms with Crippen LogP contribution in [0.5, 0.6) is 0 Å². The van der Waals surface area contributed by atoms with E-state index in [1.807, 2.05) is 55.5 Å². The molecule has 0 saturated carbocycles. The molecule has 1 heterocycles. The summed E-state index contributed by atoms with van der Waals surface area (Å²) in [6.07, 6.45) is 0.260. The number of carbonyl (C=O) groups is 2. The van der Waals surface area contributed by atoms with Crippen LogP contribution in [0.1, 0.15) is 17.5 Å². The molecule has 1 atom stereocenters. The topological polar surface area (TPSA) is 49.4 Å². The molecule has 5 heteroatoms. The van der Waals surface area contributed by atoms with Gasteiger partial charge >= 0.3 is 0 Å². The number of carbonyl (C=O) groups excluding carboxylic acids is 2. The average Bonchev–Trinajstić information content (AvgIpc) is 2.97. The average molecular weight is 387 g/mol. The largest absolute Gasteiger partial charge is 0.352 e. The summed E-state index contributed by atoms with van der Waals surface area (Å²) < 4.78 is 0.963. The molecule has 0 aliphatic carbocycles. The lowest BCUT2D eigenvalue weighted by Gasteiger charge is -2.16. The van der Waals surface area contributed by atoms with E-state index in [2.05, 4.69) is 21.2 Å². The minimum atomic E-state index is -0.299. The fourth-order valence-corrected chi connectivity index (χ4v) is 3.06. The number of amides is 2. The van der Waals surface area contributed by atoms with Crippen molar-refractivity contribution in [1.29, 1.82) is 0 Å². The van der Waals surface area contributed by atoms with Crippen LogP contribution in [0.2, 0.25) is 0 Å². The van der Waals surface area contributed by atoms with E-state index in [9.17, 15) is 9.59 Å². The second-order valence-electron chi connectivity index (χ2n) is 6.09. The summed E-state index contributed by atoms with van der Waals surface area (Å²) in [6, 6.07) is 15.6. The van der Waals surface area contributed by atoms with Gasteiger partial charge in [0, 0.05) is 29.7 Å². The van der Waals surface area contributed by atoms with Crippen molar-refractivity contribution in [2.75, 3.05) is 11.4 Å². The van der Waals surface area contributed by atoms with Crippen molar-refractivity contribution >= 4 is 33.4 Å². The quantitative estimate of drug-likeness (QED) is 0.874. The molecule has 1 aliphatic rings. The molecule has 1 fully saturated rings. The van der Waals surface area contributed by atoms with Gasteiger partial charge in [0.05, 0.1) is 5.92 Å². The Morgan fingerprint density at radius 2 is 1.83 bits per heavy atom. The normalized spacial score (nSPS) is 17.2. The lowest BCUT2D eigenvalue weighted by atomic mass is 10.1. The molecule has 1 unspecified atom stereocenters. The van der Waals surface area contributed by atoms with E-state index in [0.29, 0.717) is 13.1 Å². The molecule has 4 nitrogen and oxygen atoms in total. The highest BCUT2D eigenvalue weighted by Crippen LogP contribution is 2.26. The number of hydrogen-bond donors (Lipinski definition) is 1. The molecule has 1 aliphatic heterocycles. The van der Waals surface area contributed by atoms with E-state index in [4.69, 9.17) is 0 Å². The summed E-state index contributed by atoms with van der Waals surface area (Å²) in [6.45, 7) is 2.95. The van der Waals surface area contributed by atoms with Gasteiger partial charge in [-0.1, -0.05) is 45.8 Å². The maximum atomic E-state index is 12.4. The fraction of sp³-hybridized carbons (Fsp3) is 0.263. The van der Waals surface area contributed by atoms with Crippen LogP contribution in [0.4, 0.5) is 5.69 Å². The van der Waals surface area contributed by atoms with Crippen LogP contribution in [0, 0.1) is 12.8 Å². The van der Waals surface area contributed by atoms with Crippen molar-refractivity contribution in [2.24, 2.45) is 5.92 Å². The maximum absolute atomic E-state index is 12.4. The Hall–Kier alpha value is -2.14. The van der Waals surface area contributed by atoms with Crippen LogP contribution in [0.15, 0.2) is 53.0 Å². The first-order valence-corrected chi connectivity index (χ1v) is 8.71. The standard InChI is InChI=1S/C19H19BrN2O2/c1-13-2-4-14(5-3-13)11-21-19(24)15-10-18(23)22(12-15)17-8-6-16(20)7-9-17/h2-9,15H,10-12H2,1H3,(H,21,24). The number of nitrogens with zero attached hydrogens (tertiary/aromatic N) is 1. The van der Waals surface area contributed by atoms with Crippen molar-refractivity contribution in [3.05, 3.63) is 64.1 Å². The Kier molecular flexibility index (Phi) is 5.00. The monoisotopic (exact) mass is 386 g/mol. The number of halogens is 1. The first-order valence-electron chi connectivity index (χ1n) is 7.92. The Morgan fingerprint density at radius 3 is 2.50 bits per heavy atom. The smallest absolute Gasteiger partial charge is 0.227 e. The van der Waals surface area contributed by atoms with Crippen LogP contribution in [0.3, 0.4) is 0 Å². The van der Waals surface area contributed by atoms with Gasteiger partial charge in [-0.15, -0.1) is 0 Å². The first-order chi connectivity index (χ1) is 11.5. The van der Waals surface area contributed by atoms with E-state index >= 15 is 0 Å². The van der Waals surface area contributed by atoms with E-state index in [-0.39, 0.29) is 24.2 Å². The zero-order valence-electron chi connectivity index (χ0n) is 13.5. The number of nitrogens with one attached hydrogen (secondary N) is 1. The van der Waals surface area contributed by atoms with E-state index in [1.165, 1.54) is 5.56 Å². The number of anilines is 1. The van der Waals surface area contributed by atoms with Gasteiger partial charge in [0.2, 0.25) is 11.8 Å². The number of benzene rings is 2. The molecule has 0 aromatic heterocycles. The van der Waals surface area contributed by atoms with Crippen molar-refractivity contribution < 1.29 is 9.59 Å². The maximum Gasteiger partial charge on any atom is 0.227 e. The Balaban J connectivity index is 1.59. The van der Waals surface area contributed by atoms with E-state index < -0.39 is 0 Å². The van der Waals surface area contributed by atoms with Gasteiger partial charge in [0.15, 0.2) is 0 Å². The fourth-order valence-electron chi connectivity index (χ4n) is 2.79. The van der Waals surface area contributed by atoms with E-state index in [1.54, 1.807) is 4.90 Å². The third kappa shape index (κ3) is 3.85. The summed E-state index contributed by atoms with van der Waals surface area (Å²) in [4.78, 5) is 26.3. The molecule has 2 aromatic rings. The van der Waals surface area contributed by atoms with Crippen LogP contribution < -0.4 is 10.2 Å². The van der Waals surface area contributed by atoms with Crippen molar-refractivity contribution in [1.82, 2.24) is 5.32 Å². The Morgan fingerprint density at radius 1 is 1.17 bits per heavy atom. The van der Waals surface area contributed by atoms with Crippen molar-refractivity contribution in [2.45, 2.75) is 19.9 Å². The lowest BCUT2D eigenvalue weighted by molar-refractivity contribution is -0.126. The predicted molar refractivity (Wildman–Crippen MR) is 97.6 cm³/mol. The van der Waals surface area contributed by atoms with Crippen molar-refractivity contribution in [3.63, 3.8) is 0 Å². The van der Waals surface area contributed by atoms with Crippen molar-refractivity contribution in [3.8, 4) is 0 Å². The van der Waals surface area contributed by atoms with E-state index in [0.717, 1.165) is 15.7 Å². The summed E-state index contributed by atoms with van der Waals surface area (Å²) in [5, 5.41) is 2.94. The molecule has 1 N–H and O–H groups in total. The van der Waals surface area contributed by atoms with Crippen LogP contribution in [-0.4, -0.2) is 18.4 Å². The first kappa shape index (κ1) is 16.7.